The van der Waals surface area contributed by atoms with Gasteiger partial charge in [0.1, 0.15) is 12.4 Å². The molecule has 20 heavy (non-hydrogen) atoms. The lowest BCUT2D eigenvalue weighted by Crippen LogP contribution is -2.40. The topological polar surface area (TPSA) is 49.8 Å². The molecule has 0 saturated carbocycles. The molecule has 7 heteroatoms. The van der Waals surface area contributed by atoms with Crippen LogP contribution in [-0.2, 0) is 4.79 Å². The van der Waals surface area contributed by atoms with Crippen LogP contribution in [0.3, 0.4) is 0 Å². The lowest BCUT2D eigenvalue weighted by molar-refractivity contribution is -0.154. The van der Waals surface area contributed by atoms with Crippen molar-refractivity contribution >= 4 is 5.97 Å². The van der Waals surface area contributed by atoms with E-state index in [9.17, 15) is 18.0 Å². The van der Waals surface area contributed by atoms with Crippen molar-refractivity contribution < 1.29 is 27.8 Å². The first-order valence-corrected chi connectivity index (χ1v) is 5.96. The molecule has 0 heterocycles. The first kappa shape index (κ1) is 16.3. The number of hydrogen-bond donors (Lipinski definition) is 1. The largest absolute Gasteiger partial charge is 0.492 e. The first-order valence-electron chi connectivity index (χ1n) is 5.96. The van der Waals surface area contributed by atoms with Gasteiger partial charge in [0.15, 0.2) is 0 Å². The molecule has 1 aromatic carbocycles. The highest BCUT2D eigenvalue weighted by atomic mass is 19.4. The Morgan fingerprint density at radius 1 is 1.30 bits per heavy atom. The Morgan fingerprint density at radius 2 is 1.90 bits per heavy atom. The molecular formula is C13H16F3NO3. The summed E-state index contributed by atoms with van der Waals surface area (Å²) in [6.07, 6.45) is -4.43. The predicted octanol–water partition coefficient (Wildman–Crippen LogP) is 2.32. The van der Waals surface area contributed by atoms with Gasteiger partial charge in [-0.15, -0.1) is 0 Å². The van der Waals surface area contributed by atoms with E-state index in [-0.39, 0.29) is 13.2 Å². The van der Waals surface area contributed by atoms with E-state index < -0.39 is 25.2 Å². The fraction of sp³-hybridized carbons (Fsp3) is 0.462. The smallest absolute Gasteiger partial charge is 0.401 e. The van der Waals surface area contributed by atoms with Gasteiger partial charge in [-0.05, 0) is 19.1 Å². The van der Waals surface area contributed by atoms with Crippen LogP contribution in [0.2, 0.25) is 0 Å². The molecule has 0 fully saturated rings. The second-order valence-corrected chi connectivity index (χ2v) is 4.38. The molecule has 1 N–H and O–H groups in total. The van der Waals surface area contributed by atoms with E-state index in [1.54, 1.807) is 12.1 Å². The van der Waals surface area contributed by atoms with E-state index in [4.69, 9.17) is 9.84 Å². The summed E-state index contributed by atoms with van der Waals surface area (Å²) in [7, 11) is 0. The number of nitrogens with zero attached hydrogens (tertiary/aromatic N) is 1. The van der Waals surface area contributed by atoms with Gasteiger partial charge in [-0.25, -0.2) is 0 Å². The molecule has 1 rings (SSSR count). The molecule has 0 amide bonds. The van der Waals surface area contributed by atoms with Gasteiger partial charge in [0, 0.05) is 6.54 Å². The molecule has 0 aliphatic rings. The average molecular weight is 291 g/mol. The number of benzene rings is 1. The Morgan fingerprint density at radius 3 is 2.40 bits per heavy atom. The van der Waals surface area contributed by atoms with Crippen molar-refractivity contribution in [1.82, 2.24) is 4.90 Å². The van der Waals surface area contributed by atoms with Crippen LogP contribution in [0, 0.1) is 6.92 Å². The number of ether oxygens (including phenoxy) is 1. The summed E-state index contributed by atoms with van der Waals surface area (Å²) in [4.78, 5) is 11.3. The molecule has 0 aliphatic heterocycles. The molecule has 0 aliphatic carbocycles. The van der Waals surface area contributed by atoms with Gasteiger partial charge in [0.05, 0.1) is 13.1 Å². The first-order chi connectivity index (χ1) is 9.26. The molecule has 1 aromatic rings. The summed E-state index contributed by atoms with van der Waals surface area (Å²) in [5.74, 6) is -0.762. The van der Waals surface area contributed by atoms with Crippen molar-refractivity contribution in [3.05, 3.63) is 29.8 Å². The lowest BCUT2D eigenvalue weighted by atomic mass is 10.2. The third-order valence-corrected chi connectivity index (χ3v) is 2.46. The van der Waals surface area contributed by atoms with E-state index in [1.165, 1.54) is 0 Å². The third-order valence-electron chi connectivity index (χ3n) is 2.46. The van der Waals surface area contributed by atoms with Crippen molar-refractivity contribution in [3.8, 4) is 5.75 Å². The van der Waals surface area contributed by atoms with E-state index in [2.05, 4.69) is 0 Å². The normalized spacial score (nSPS) is 11.7. The Balaban J connectivity index is 2.45. The van der Waals surface area contributed by atoms with Crippen LogP contribution in [0.25, 0.3) is 0 Å². The third kappa shape index (κ3) is 6.98. The number of aliphatic carboxylic acids is 1. The molecule has 0 saturated heterocycles. The van der Waals surface area contributed by atoms with Gasteiger partial charge in [0.2, 0.25) is 0 Å². The molecule has 0 radical (unpaired) electrons. The monoisotopic (exact) mass is 291 g/mol. The number of alkyl halides is 3. The number of carboxylic acids is 1. The Kier molecular flexibility index (Phi) is 5.82. The van der Waals surface area contributed by atoms with E-state index >= 15 is 0 Å². The minimum atomic E-state index is -4.43. The fourth-order valence-corrected chi connectivity index (χ4v) is 1.59. The van der Waals surface area contributed by atoms with Crippen LogP contribution in [0.4, 0.5) is 13.2 Å². The SMILES string of the molecule is Cc1ccc(OCCN(CC(=O)O)CC(F)(F)F)cc1. The average Bonchev–Trinajstić information content (AvgIpc) is 2.28. The van der Waals surface area contributed by atoms with Crippen molar-refractivity contribution in [1.29, 1.82) is 0 Å². The molecule has 0 spiro atoms. The minimum absolute atomic E-state index is 0.00752. The van der Waals surface area contributed by atoms with Crippen LogP contribution < -0.4 is 4.74 Å². The zero-order valence-electron chi connectivity index (χ0n) is 11.0. The van der Waals surface area contributed by atoms with Crippen molar-refractivity contribution in [3.63, 3.8) is 0 Å². The van der Waals surface area contributed by atoms with Crippen LogP contribution in [-0.4, -0.2) is 48.4 Å². The zero-order chi connectivity index (χ0) is 15.2. The van der Waals surface area contributed by atoms with Crippen molar-refractivity contribution in [2.75, 3.05) is 26.2 Å². The van der Waals surface area contributed by atoms with Crippen LogP contribution >= 0.6 is 0 Å². The van der Waals surface area contributed by atoms with Gasteiger partial charge >= 0.3 is 12.1 Å². The second kappa shape index (κ2) is 7.14. The van der Waals surface area contributed by atoms with E-state index in [0.717, 1.165) is 10.5 Å². The molecule has 0 unspecified atom stereocenters. The van der Waals surface area contributed by atoms with E-state index in [1.807, 2.05) is 19.1 Å². The number of halogens is 3. The number of hydrogen-bond acceptors (Lipinski definition) is 3. The predicted molar refractivity (Wildman–Crippen MR) is 66.8 cm³/mol. The zero-order valence-corrected chi connectivity index (χ0v) is 11.0. The van der Waals surface area contributed by atoms with Crippen LogP contribution in [0.5, 0.6) is 5.75 Å². The maximum atomic E-state index is 12.3. The Labute approximate surface area is 114 Å². The van der Waals surface area contributed by atoms with Gasteiger partial charge in [-0.3, -0.25) is 9.69 Å². The summed E-state index contributed by atoms with van der Waals surface area (Å²) < 4.78 is 42.1. The number of rotatable bonds is 7. The number of aryl methyl sites for hydroxylation is 1. The summed E-state index contributed by atoms with van der Waals surface area (Å²) in [6.45, 7) is -0.152. The van der Waals surface area contributed by atoms with Crippen LogP contribution in [0.15, 0.2) is 24.3 Å². The quantitative estimate of drug-likeness (QED) is 0.837. The summed E-state index contributed by atoms with van der Waals surface area (Å²) in [5, 5.41) is 8.58. The van der Waals surface area contributed by atoms with Crippen molar-refractivity contribution in [2.45, 2.75) is 13.1 Å². The molecule has 0 aromatic heterocycles. The van der Waals surface area contributed by atoms with Gasteiger partial charge in [0.25, 0.3) is 0 Å². The number of carbonyl (C=O) groups is 1. The minimum Gasteiger partial charge on any atom is -0.492 e. The lowest BCUT2D eigenvalue weighted by Gasteiger charge is -2.21. The Bertz CT molecular complexity index is 431. The van der Waals surface area contributed by atoms with Crippen molar-refractivity contribution in [2.24, 2.45) is 0 Å². The highest BCUT2D eigenvalue weighted by Gasteiger charge is 2.31. The fourth-order valence-electron chi connectivity index (χ4n) is 1.59. The van der Waals surface area contributed by atoms with Gasteiger partial charge in [-0.1, -0.05) is 17.7 Å². The standard InChI is InChI=1S/C13H16F3NO3/c1-10-2-4-11(5-3-10)20-7-6-17(8-12(18)19)9-13(14,15)16/h2-5H,6-9H2,1H3,(H,18,19). The molecule has 0 atom stereocenters. The summed E-state index contributed by atoms with van der Waals surface area (Å²) >= 11 is 0. The second-order valence-electron chi connectivity index (χ2n) is 4.38. The number of carboxylic acid groups (broad SMARTS) is 1. The van der Waals surface area contributed by atoms with E-state index in [0.29, 0.717) is 5.75 Å². The maximum absolute atomic E-state index is 12.3. The van der Waals surface area contributed by atoms with Gasteiger partial charge < -0.3 is 9.84 Å². The highest BCUT2D eigenvalue weighted by molar-refractivity contribution is 5.69. The maximum Gasteiger partial charge on any atom is 0.401 e. The molecule has 4 nitrogen and oxygen atoms in total. The molecular weight excluding hydrogens is 275 g/mol. The van der Waals surface area contributed by atoms with Gasteiger partial charge in [-0.2, -0.15) is 13.2 Å². The summed E-state index contributed by atoms with van der Waals surface area (Å²) in [6, 6.07) is 7.06. The molecule has 0 bridgehead atoms. The Hall–Kier alpha value is -1.76. The summed E-state index contributed by atoms with van der Waals surface area (Å²) in [5.41, 5.74) is 1.04. The molecule has 112 valence electrons. The van der Waals surface area contributed by atoms with Crippen LogP contribution in [0.1, 0.15) is 5.56 Å². The highest BCUT2D eigenvalue weighted by Crippen LogP contribution is 2.16.